The molecule has 1 heterocycles. The largest absolute Gasteiger partial charge is 0.493 e. The molecule has 2 aliphatic rings. The molecule has 162 valence electrons. The quantitative estimate of drug-likeness (QED) is 0.804. The summed E-state index contributed by atoms with van der Waals surface area (Å²) in [5, 5.41) is 12.3. The van der Waals surface area contributed by atoms with Crippen LogP contribution in [0.1, 0.15) is 40.7 Å². The first-order valence-electron chi connectivity index (χ1n) is 10.7. The third-order valence-corrected chi connectivity index (χ3v) is 6.92. The van der Waals surface area contributed by atoms with Crippen molar-refractivity contribution in [3.63, 3.8) is 0 Å². The van der Waals surface area contributed by atoms with Crippen molar-refractivity contribution in [1.82, 2.24) is 10.2 Å². The molecule has 0 bridgehead atoms. The van der Waals surface area contributed by atoms with Crippen LogP contribution in [0.4, 0.5) is 0 Å². The first kappa shape index (κ1) is 21.2. The molecule has 3 atom stereocenters. The summed E-state index contributed by atoms with van der Waals surface area (Å²) < 4.78 is 11.0. The summed E-state index contributed by atoms with van der Waals surface area (Å²) >= 11 is 0. The molecule has 6 heteroatoms. The molecule has 2 aromatic rings. The number of likely N-dealkylation sites (N-methyl/N-ethyl adjacent to an activating group) is 1. The highest BCUT2D eigenvalue weighted by atomic mass is 16.5. The normalized spacial score (nSPS) is 25.4. The van der Waals surface area contributed by atoms with Gasteiger partial charge in [-0.15, -0.1) is 0 Å². The Kier molecular flexibility index (Phi) is 5.88. The van der Waals surface area contributed by atoms with Gasteiger partial charge in [0.1, 0.15) is 0 Å². The molecule has 2 aromatic carbocycles. The van der Waals surface area contributed by atoms with Gasteiger partial charge in [-0.1, -0.05) is 12.1 Å². The lowest BCUT2D eigenvalue weighted by atomic mass is 9.63. The zero-order chi connectivity index (χ0) is 22.0. The molecule has 0 spiro atoms. The third-order valence-electron chi connectivity index (χ3n) is 6.92. The van der Waals surface area contributed by atoms with E-state index in [-0.39, 0.29) is 17.4 Å². The Hall–Kier alpha value is -3.04. The number of nitriles is 1. The van der Waals surface area contributed by atoms with E-state index in [0.29, 0.717) is 17.0 Å². The van der Waals surface area contributed by atoms with Crippen molar-refractivity contribution in [3.8, 4) is 17.6 Å². The summed E-state index contributed by atoms with van der Waals surface area (Å²) in [6, 6.07) is 15.4. The van der Waals surface area contributed by atoms with Crippen molar-refractivity contribution in [2.75, 3.05) is 34.4 Å². The number of carbonyl (C=O) groups is 1. The van der Waals surface area contributed by atoms with Crippen LogP contribution in [-0.2, 0) is 5.41 Å². The molecule has 1 saturated heterocycles. The number of amides is 1. The highest BCUT2D eigenvalue weighted by Gasteiger charge is 2.50. The van der Waals surface area contributed by atoms with Crippen molar-refractivity contribution < 1.29 is 14.3 Å². The Morgan fingerprint density at radius 3 is 2.74 bits per heavy atom. The lowest BCUT2D eigenvalue weighted by Crippen LogP contribution is -2.47. The average Bonchev–Trinajstić information content (AvgIpc) is 3.14. The van der Waals surface area contributed by atoms with Crippen LogP contribution >= 0.6 is 0 Å². The topological polar surface area (TPSA) is 74.6 Å². The van der Waals surface area contributed by atoms with Gasteiger partial charge in [0.15, 0.2) is 11.5 Å². The first-order valence-corrected chi connectivity index (χ1v) is 10.7. The zero-order valence-corrected chi connectivity index (χ0v) is 18.4. The van der Waals surface area contributed by atoms with Crippen LogP contribution in [-0.4, -0.2) is 51.2 Å². The number of nitrogens with one attached hydrogen (secondary N) is 1. The van der Waals surface area contributed by atoms with E-state index in [9.17, 15) is 4.79 Å². The van der Waals surface area contributed by atoms with Crippen LogP contribution in [0.2, 0.25) is 0 Å². The van der Waals surface area contributed by atoms with E-state index < -0.39 is 0 Å². The van der Waals surface area contributed by atoms with Gasteiger partial charge in [0.2, 0.25) is 0 Å². The van der Waals surface area contributed by atoms with E-state index in [1.165, 1.54) is 5.56 Å². The van der Waals surface area contributed by atoms with Crippen LogP contribution in [0.3, 0.4) is 0 Å². The molecule has 1 saturated carbocycles. The van der Waals surface area contributed by atoms with E-state index in [0.717, 1.165) is 43.9 Å². The summed E-state index contributed by atoms with van der Waals surface area (Å²) in [4.78, 5) is 15.2. The first-order chi connectivity index (χ1) is 15.0. The number of rotatable bonds is 5. The Morgan fingerprint density at radius 1 is 1.19 bits per heavy atom. The molecule has 1 aliphatic heterocycles. The molecule has 1 amide bonds. The summed E-state index contributed by atoms with van der Waals surface area (Å²) in [6.45, 7) is 2.00. The van der Waals surface area contributed by atoms with Gasteiger partial charge in [0.05, 0.1) is 25.9 Å². The minimum absolute atomic E-state index is 0.0518. The van der Waals surface area contributed by atoms with E-state index in [2.05, 4.69) is 35.5 Å². The average molecular weight is 420 g/mol. The van der Waals surface area contributed by atoms with Crippen molar-refractivity contribution in [2.24, 2.45) is 5.92 Å². The van der Waals surface area contributed by atoms with Gasteiger partial charge in [-0.05, 0) is 68.1 Å². The molecule has 4 rings (SSSR count). The molecule has 6 nitrogen and oxygen atoms in total. The summed E-state index contributed by atoms with van der Waals surface area (Å²) in [5.41, 5.74) is 2.38. The lowest BCUT2D eigenvalue weighted by molar-refractivity contribution is 0.0904. The summed E-state index contributed by atoms with van der Waals surface area (Å²) in [6.07, 6.45) is 2.85. The summed E-state index contributed by atoms with van der Waals surface area (Å²) in [5.74, 6) is 1.84. The number of hydrogen-bond donors (Lipinski definition) is 1. The minimum atomic E-state index is -0.105. The van der Waals surface area contributed by atoms with E-state index in [4.69, 9.17) is 14.7 Å². The van der Waals surface area contributed by atoms with Gasteiger partial charge in [-0.3, -0.25) is 4.79 Å². The zero-order valence-electron chi connectivity index (χ0n) is 18.4. The maximum absolute atomic E-state index is 12.8. The SMILES string of the molecule is COc1ccc([C@]23CC[C@H](NC(=O)c4cccc(C#N)c4)C[C@@H]2CN(C)C3)cc1OC. The number of fused-ring (bicyclic) bond motifs is 1. The second kappa shape index (κ2) is 8.60. The molecule has 0 radical (unpaired) electrons. The molecule has 1 aliphatic carbocycles. The minimum Gasteiger partial charge on any atom is -0.493 e. The van der Waals surface area contributed by atoms with Crippen LogP contribution < -0.4 is 14.8 Å². The maximum Gasteiger partial charge on any atom is 0.251 e. The van der Waals surface area contributed by atoms with E-state index >= 15 is 0 Å². The fraction of sp³-hybridized carbons (Fsp3) is 0.440. The van der Waals surface area contributed by atoms with Crippen molar-refractivity contribution in [3.05, 3.63) is 59.2 Å². The molecule has 2 fully saturated rings. The number of carbonyl (C=O) groups excluding carboxylic acids is 1. The van der Waals surface area contributed by atoms with Gasteiger partial charge < -0.3 is 19.7 Å². The molecule has 1 N–H and O–H groups in total. The fourth-order valence-corrected chi connectivity index (χ4v) is 5.45. The van der Waals surface area contributed by atoms with Crippen LogP contribution in [0.5, 0.6) is 11.5 Å². The smallest absolute Gasteiger partial charge is 0.251 e. The van der Waals surface area contributed by atoms with Crippen LogP contribution in [0.15, 0.2) is 42.5 Å². The molecular weight excluding hydrogens is 390 g/mol. The van der Waals surface area contributed by atoms with Gasteiger partial charge in [0.25, 0.3) is 5.91 Å². The lowest BCUT2D eigenvalue weighted by Gasteiger charge is -2.43. The van der Waals surface area contributed by atoms with Gasteiger partial charge in [0, 0.05) is 30.1 Å². The van der Waals surface area contributed by atoms with Crippen molar-refractivity contribution >= 4 is 5.91 Å². The van der Waals surface area contributed by atoms with Crippen LogP contribution in [0, 0.1) is 17.2 Å². The number of benzene rings is 2. The Bertz CT molecular complexity index is 1020. The number of nitrogens with zero attached hydrogens (tertiary/aromatic N) is 2. The Morgan fingerprint density at radius 2 is 2.00 bits per heavy atom. The van der Waals surface area contributed by atoms with Crippen molar-refractivity contribution in [1.29, 1.82) is 5.26 Å². The molecule has 0 aromatic heterocycles. The highest BCUT2D eigenvalue weighted by Crippen LogP contribution is 2.49. The van der Waals surface area contributed by atoms with Gasteiger partial charge in [-0.2, -0.15) is 5.26 Å². The van der Waals surface area contributed by atoms with E-state index in [1.807, 2.05) is 6.07 Å². The maximum atomic E-state index is 12.8. The number of likely N-dealkylation sites (tertiary alicyclic amines) is 1. The molecular formula is C25H29N3O3. The number of hydrogen-bond acceptors (Lipinski definition) is 5. The second-order valence-electron chi connectivity index (χ2n) is 8.76. The van der Waals surface area contributed by atoms with Gasteiger partial charge in [-0.25, -0.2) is 0 Å². The van der Waals surface area contributed by atoms with E-state index in [1.54, 1.807) is 38.5 Å². The predicted molar refractivity (Wildman–Crippen MR) is 118 cm³/mol. The molecule has 31 heavy (non-hydrogen) atoms. The van der Waals surface area contributed by atoms with Crippen molar-refractivity contribution in [2.45, 2.75) is 30.7 Å². The van der Waals surface area contributed by atoms with Gasteiger partial charge >= 0.3 is 0 Å². The highest BCUT2D eigenvalue weighted by molar-refractivity contribution is 5.94. The van der Waals surface area contributed by atoms with Crippen LogP contribution in [0.25, 0.3) is 0 Å². The standard InChI is InChI=1S/C25H29N3O3/c1-28-15-20-12-21(27-24(29)18-6-4-5-17(11-18)14-26)9-10-25(20,16-28)19-7-8-22(30-2)23(13-19)31-3/h4-8,11,13,20-21H,9-10,12,15-16H2,1-3H3,(H,27,29)/t20-,21+,25-/m1/s1. The number of ether oxygens (including phenoxy) is 2. The fourth-order valence-electron chi connectivity index (χ4n) is 5.45. The summed E-state index contributed by atoms with van der Waals surface area (Å²) in [7, 11) is 5.50. The third kappa shape index (κ3) is 3.98. The second-order valence-corrected chi connectivity index (χ2v) is 8.76. The number of methoxy groups -OCH3 is 2. The Labute approximate surface area is 183 Å². The molecule has 0 unspecified atom stereocenters. The monoisotopic (exact) mass is 419 g/mol. The Balaban J connectivity index is 1.53. The predicted octanol–water partition coefficient (Wildman–Crippen LogP) is 3.36.